The van der Waals surface area contributed by atoms with E-state index in [4.69, 9.17) is 5.11 Å². The molecule has 0 atom stereocenters. The van der Waals surface area contributed by atoms with E-state index in [1.54, 1.807) is 0 Å². The number of rotatable bonds is 4. The molecule has 0 spiro atoms. The van der Waals surface area contributed by atoms with Crippen molar-refractivity contribution >= 4 is 10.0 Å². The van der Waals surface area contributed by atoms with Crippen molar-refractivity contribution in [2.24, 2.45) is 0 Å². The molecule has 0 saturated heterocycles. The second-order valence-electron chi connectivity index (χ2n) is 5.36. The summed E-state index contributed by atoms with van der Waals surface area (Å²) in [5.74, 6) is -2.68. The van der Waals surface area contributed by atoms with Gasteiger partial charge in [0, 0.05) is 6.04 Å². The minimum atomic E-state index is -4.14. The minimum Gasteiger partial charge on any atom is -0.392 e. The van der Waals surface area contributed by atoms with Crippen molar-refractivity contribution in [2.75, 3.05) is 0 Å². The summed E-state index contributed by atoms with van der Waals surface area (Å²) in [5.41, 5.74) is 0.0233. The first-order chi connectivity index (χ1) is 9.94. The molecule has 1 aliphatic rings. The van der Waals surface area contributed by atoms with Gasteiger partial charge >= 0.3 is 0 Å². The lowest BCUT2D eigenvalue weighted by Gasteiger charge is -2.17. The Bertz CT molecular complexity index is 596. The van der Waals surface area contributed by atoms with Crippen molar-refractivity contribution < 1.29 is 22.3 Å². The van der Waals surface area contributed by atoms with Gasteiger partial charge in [0.2, 0.25) is 10.0 Å². The fraction of sp³-hybridized carbons (Fsp3) is 0.571. The fourth-order valence-electron chi connectivity index (χ4n) is 2.58. The quantitative estimate of drug-likeness (QED) is 0.838. The van der Waals surface area contributed by atoms with Crippen molar-refractivity contribution in [1.29, 1.82) is 0 Å². The molecule has 1 aliphatic carbocycles. The molecule has 7 heteroatoms. The molecule has 0 aromatic heterocycles. The number of nitrogens with one attached hydrogen (secondary N) is 1. The van der Waals surface area contributed by atoms with Gasteiger partial charge < -0.3 is 5.11 Å². The number of aliphatic hydroxyl groups is 1. The molecule has 1 fully saturated rings. The molecule has 118 valence electrons. The van der Waals surface area contributed by atoms with Crippen molar-refractivity contribution in [3.05, 3.63) is 29.3 Å². The Hall–Kier alpha value is -1.05. The van der Waals surface area contributed by atoms with Gasteiger partial charge in [-0.2, -0.15) is 0 Å². The summed E-state index contributed by atoms with van der Waals surface area (Å²) in [7, 11) is -4.14. The second-order valence-corrected chi connectivity index (χ2v) is 7.04. The fourth-order valence-corrected chi connectivity index (χ4v) is 4.03. The number of halogens is 2. The van der Waals surface area contributed by atoms with Crippen molar-refractivity contribution in [3.8, 4) is 0 Å². The zero-order chi connectivity index (χ0) is 15.5. The topological polar surface area (TPSA) is 66.4 Å². The SMILES string of the molecule is O=S(=O)(NC1CCCCCC1)c1cc(CO)cc(F)c1F. The molecular formula is C14H19F2NO3S. The molecule has 0 amide bonds. The second kappa shape index (κ2) is 6.81. The minimum absolute atomic E-state index is 0.0233. The highest BCUT2D eigenvalue weighted by molar-refractivity contribution is 7.89. The lowest BCUT2D eigenvalue weighted by Crippen LogP contribution is -2.35. The molecule has 2 N–H and O–H groups in total. The van der Waals surface area contributed by atoms with Crippen LogP contribution < -0.4 is 4.72 Å². The van der Waals surface area contributed by atoms with Gasteiger partial charge in [-0.15, -0.1) is 0 Å². The highest BCUT2D eigenvalue weighted by atomic mass is 32.2. The first kappa shape index (κ1) is 16.3. The van der Waals surface area contributed by atoms with Crippen LogP contribution in [0.15, 0.2) is 17.0 Å². The third-order valence-electron chi connectivity index (χ3n) is 3.70. The molecule has 0 heterocycles. The molecule has 4 nitrogen and oxygen atoms in total. The summed E-state index contributed by atoms with van der Waals surface area (Å²) in [6.07, 6.45) is 5.34. The zero-order valence-electron chi connectivity index (χ0n) is 11.6. The van der Waals surface area contributed by atoms with Gasteiger partial charge in [-0.1, -0.05) is 25.7 Å². The van der Waals surface area contributed by atoms with Gasteiger partial charge in [-0.25, -0.2) is 21.9 Å². The molecule has 1 aromatic rings. The van der Waals surface area contributed by atoms with E-state index in [0.717, 1.165) is 37.8 Å². The Morgan fingerprint density at radius 1 is 1.14 bits per heavy atom. The Morgan fingerprint density at radius 2 is 1.76 bits per heavy atom. The lowest BCUT2D eigenvalue weighted by atomic mass is 10.1. The summed E-state index contributed by atoms with van der Waals surface area (Å²) in [6, 6.07) is 1.51. The predicted octanol–water partition coefficient (Wildman–Crippen LogP) is 2.46. The van der Waals surface area contributed by atoms with E-state index in [9.17, 15) is 17.2 Å². The van der Waals surface area contributed by atoms with Crippen LogP contribution in [0.2, 0.25) is 0 Å². The third kappa shape index (κ3) is 3.99. The van der Waals surface area contributed by atoms with Crippen LogP contribution in [0.25, 0.3) is 0 Å². The molecule has 1 aromatic carbocycles. The number of sulfonamides is 1. The molecule has 0 bridgehead atoms. The van der Waals surface area contributed by atoms with Crippen LogP contribution in [-0.4, -0.2) is 19.6 Å². The van der Waals surface area contributed by atoms with Gasteiger partial charge in [-0.05, 0) is 30.5 Å². The van der Waals surface area contributed by atoms with Crippen molar-refractivity contribution in [3.63, 3.8) is 0 Å². The van der Waals surface area contributed by atoms with E-state index in [1.165, 1.54) is 0 Å². The van der Waals surface area contributed by atoms with Crippen LogP contribution in [-0.2, 0) is 16.6 Å². The summed E-state index contributed by atoms with van der Waals surface area (Å²) in [4.78, 5) is -0.740. The van der Waals surface area contributed by atoms with Gasteiger partial charge in [-0.3, -0.25) is 0 Å². The standard InChI is InChI=1S/C14H19F2NO3S/c15-12-7-10(9-18)8-13(14(12)16)21(19,20)17-11-5-3-1-2-4-6-11/h7-8,11,17-18H,1-6,9H2. The average Bonchev–Trinajstić information content (AvgIpc) is 2.69. The van der Waals surface area contributed by atoms with E-state index < -0.39 is 33.2 Å². The number of benzene rings is 1. The maximum atomic E-state index is 13.8. The summed E-state index contributed by atoms with van der Waals surface area (Å²) >= 11 is 0. The van der Waals surface area contributed by atoms with E-state index in [0.29, 0.717) is 12.8 Å². The molecule has 0 unspecified atom stereocenters. The van der Waals surface area contributed by atoms with Crippen LogP contribution in [0.3, 0.4) is 0 Å². The number of aliphatic hydroxyl groups excluding tert-OH is 1. The average molecular weight is 319 g/mol. The van der Waals surface area contributed by atoms with Gasteiger partial charge in [0.05, 0.1) is 6.61 Å². The Labute approximate surface area is 123 Å². The van der Waals surface area contributed by atoms with Crippen LogP contribution in [0.4, 0.5) is 8.78 Å². The number of hydrogen-bond acceptors (Lipinski definition) is 3. The van der Waals surface area contributed by atoms with Crippen LogP contribution in [0.5, 0.6) is 0 Å². The van der Waals surface area contributed by atoms with Gasteiger partial charge in [0.15, 0.2) is 11.6 Å². The third-order valence-corrected chi connectivity index (χ3v) is 5.22. The van der Waals surface area contributed by atoms with E-state index in [1.807, 2.05) is 0 Å². The molecule has 0 radical (unpaired) electrons. The van der Waals surface area contributed by atoms with E-state index >= 15 is 0 Å². The van der Waals surface area contributed by atoms with Crippen molar-refractivity contribution in [2.45, 2.75) is 56.1 Å². The maximum absolute atomic E-state index is 13.8. The lowest BCUT2D eigenvalue weighted by molar-refractivity contribution is 0.280. The van der Waals surface area contributed by atoms with Gasteiger partial charge in [0.1, 0.15) is 4.90 Å². The van der Waals surface area contributed by atoms with Crippen LogP contribution >= 0.6 is 0 Å². The molecule has 21 heavy (non-hydrogen) atoms. The summed E-state index contributed by atoms with van der Waals surface area (Å²) < 4.78 is 54.2. The maximum Gasteiger partial charge on any atom is 0.243 e. The largest absolute Gasteiger partial charge is 0.392 e. The highest BCUT2D eigenvalue weighted by Gasteiger charge is 2.26. The van der Waals surface area contributed by atoms with Crippen molar-refractivity contribution in [1.82, 2.24) is 4.72 Å². The first-order valence-electron chi connectivity index (χ1n) is 7.05. The summed E-state index contributed by atoms with van der Waals surface area (Å²) in [5, 5.41) is 9.00. The van der Waals surface area contributed by atoms with Crippen LogP contribution in [0, 0.1) is 11.6 Å². The normalized spacial score (nSPS) is 17.7. The Balaban J connectivity index is 2.28. The molecular weight excluding hydrogens is 300 g/mol. The van der Waals surface area contributed by atoms with Crippen LogP contribution in [0.1, 0.15) is 44.1 Å². The first-order valence-corrected chi connectivity index (χ1v) is 8.53. The molecule has 0 aliphatic heterocycles. The predicted molar refractivity (Wildman–Crippen MR) is 74.1 cm³/mol. The zero-order valence-corrected chi connectivity index (χ0v) is 12.4. The Kier molecular flexibility index (Phi) is 5.29. The Morgan fingerprint density at radius 3 is 2.33 bits per heavy atom. The molecule has 1 saturated carbocycles. The monoisotopic (exact) mass is 319 g/mol. The van der Waals surface area contributed by atoms with Gasteiger partial charge in [0.25, 0.3) is 0 Å². The highest BCUT2D eigenvalue weighted by Crippen LogP contribution is 2.23. The summed E-state index contributed by atoms with van der Waals surface area (Å²) in [6.45, 7) is -0.552. The number of hydrogen-bond donors (Lipinski definition) is 2. The van der Waals surface area contributed by atoms with E-state index in [-0.39, 0.29) is 11.6 Å². The smallest absolute Gasteiger partial charge is 0.243 e. The molecule has 2 rings (SSSR count). The van der Waals surface area contributed by atoms with E-state index in [2.05, 4.69) is 4.72 Å².